The molecule has 0 spiro atoms. The van der Waals surface area contributed by atoms with Crippen LogP contribution in [0.25, 0.3) is 0 Å². The topological polar surface area (TPSA) is 47.9 Å². The highest BCUT2D eigenvalue weighted by Crippen LogP contribution is 2.27. The maximum Gasteiger partial charge on any atom is 0.157 e. The van der Waals surface area contributed by atoms with Crippen LogP contribution in [0.3, 0.4) is 0 Å². The Bertz CT molecular complexity index is 171. The highest BCUT2D eigenvalue weighted by Gasteiger charge is 2.31. The molecule has 0 bridgehead atoms. The zero-order valence-corrected chi connectivity index (χ0v) is 8.41. The first kappa shape index (κ1) is 10.4. The molecule has 14 heavy (non-hydrogen) atoms. The molecule has 2 aliphatic heterocycles. The second-order valence-electron chi connectivity index (χ2n) is 4.05. The predicted molar refractivity (Wildman–Crippen MR) is 49.9 cm³/mol. The summed E-state index contributed by atoms with van der Waals surface area (Å²) < 4.78 is 15.9. The van der Waals surface area contributed by atoms with E-state index in [2.05, 4.69) is 0 Å². The van der Waals surface area contributed by atoms with E-state index in [4.69, 9.17) is 14.2 Å². The molecule has 2 fully saturated rings. The van der Waals surface area contributed by atoms with Crippen LogP contribution in [0.4, 0.5) is 0 Å². The van der Waals surface area contributed by atoms with E-state index < -0.39 is 5.60 Å². The Morgan fingerprint density at radius 1 is 1.07 bits per heavy atom. The number of ether oxygens (including phenoxy) is 3. The lowest BCUT2D eigenvalue weighted by molar-refractivity contribution is -0.0969. The van der Waals surface area contributed by atoms with Gasteiger partial charge in [0.2, 0.25) is 0 Å². The molecular formula is C10H18O4. The molecule has 2 aliphatic rings. The molecule has 2 saturated heterocycles. The summed E-state index contributed by atoms with van der Waals surface area (Å²) in [5.41, 5.74) is -0.548. The first-order chi connectivity index (χ1) is 6.79. The lowest BCUT2D eigenvalue weighted by Gasteiger charge is -2.32. The fraction of sp³-hybridized carbons (Fsp3) is 1.00. The molecule has 0 atom stereocenters. The molecule has 0 saturated carbocycles. The summed E-state index contributed by atoms with van der Waals surface area (Å²) in [6.45, 7) is 2.71. The van der Waals surface area contributed by atoms with Crippen LogP contribution in [0, 0.1) is 0 Å². The molecule has 0 aliphatic carbocycles. The second-order valence-corrected chi connectivity index (χ2v) is 4.05. The van der Waals surface area contributed by atoms with Crippen molar-refractivity contribution in [3.63, 3.8) is 0 Å². The lowest BCUT2D eigenvalue weighted by atomic mass is 9.89. The highest BCUT2D eigenvalue weighted by atomic mass is 16.7. The van der Waals surface area contributed by atoms with Crippen LogP contribution in [0.5, 0.6) is 0 Å². The van der Waals surface area contributed by atoms with Crippen LogP contribution in [0.1, 0.15) is 25.7 Å². The van der Waals surface area contributed by atoms with Gasteiger partial charge < -0.3 is 19.3 Å². The van der Waals surface area contributed by atoms with Crippen LogP contribution < -0.4 is 0 Å². The molecule has 82 valence electrons. The first-order valence-electron chi connectivity index (χ1n) is 5.32. The van der Waals surface area contributed by atoms with Gasteiger partial charge in [-0.05, 0) is 19.3 Å². The van der Waals surface area contributed by atoms with Crippen LogP contribution in [0.15, 0.2) is 0 Å². The van der Waals surface area contributed by atoms with E-state index in [-0.39, 0.29) is 6.29 Å². The van der Waals surface area contributed by atoms with Gasteiger partial charge in [0, 0.05) is 19.6 Å². The predicted octanol–water partition coefficient (Wildman–Crippen LogP) is 0.681. The fourth-order valence-corrected chi connectivity index (χ4v) is 1.96. The average Bonchev–Trinajstić information content (AvgIpc) is 2.69. The summed E-state index contributed by atoms with van der Waals surface area (Å²) in [4.78, 5) is 0. The third-order valence-electron chi connectivity index (χ3n) is 2.96. The van der Waals surface area contributed by atoms with Gasteiger partial charge in [-0.25, -0.2) is 0 Å². The maximum atomic E-state index is 10.1. The minimum atomic E-state index is -0.548. The molecule has 0 aromatic heterocycles. The molecule has 4 heteroatoms. The molecule has 0 aromatic rings. The van der Waals surface area contributed by atoms with E-state index >= 15 is 0 Å². The summed E-state index contributed by atoms with van der Waals surface area (Å²) in [5.74, 6) is 0. The van der Waals surface area contributed by atoms with Gasteiger partial charge in [-0.2, -0.15) is 0 Å². The van der Waals surface area contributed by atoms with Crippen LogP contribution in [-0.2, 0) is 14.2 Å². The Morgan fingerprint density at radius 3 is 2.36 bits per heavy atom. The van der Waals surface area contributed by atoms with E-state index in [0.29, 0.717) is 26.4 Å². The number of hydrogen-bond acceptors (Lipinski definition) is 4. The minimum Gasteiger partial charge on any atom is -0.390 e. The number of aliphatic hydroxyl groups is 1. The zero-order chi connectivity index (χ0) is 9.86. The third kappa shape index (κ3) is 2.67. The molecule has 2 heterocycles. The molecule has 2 rings (SSSR count). The van der Waals surface area contributed by atoms with Gasteiger partial charge in [-0.15, -0.1) is 0 Å². The van der Waals surface area contributed by atoms with Gasteiger partial charge in [0.25, 0.3) is 0 Å². The van der Waals surface area contributed by atoms with Gasteiger partial charge in [0.1, 0.15) is 0 Å². The summed E-state index contributed by atoms with van der Waals surface area (Å²) >= 11 is 0. The molecule has 1 N–H and O–H groups in total. The van der Waals surface area contributed by atoms with E-state index in [1.165, 1.54) is 0 Å². The van der Waals surface area contributed by atoms with Crippen LogP contribution in [-0.4, -0.2) is 43.4 Å². The molecule has 0 aromatic carbocycles. The number of rotatable bonds is 3. The summed E-state index contributed by atoms with van der Waals surface area (Å²) in [5, 5.41) is 10.1. The molecule has 0 unspecified atom stereocenters. The Hall–Kier alpha value is -0.160. The van der Waals surface area contributed by atoms with Crippen molar-refractivity contribution >= 4 is 0 Å². The third-order valence-corrected chi connectivity index (χ3v) is 2.96. The standard InChI is InChI=1S/C10H18O4/c11-10(3-5-12-6-4-10)2-1-9-13-7-8-14-9/h9,11H,1-8H2. The quantitative estimate of drug-likeness (QED) is 0.731. The van der Waals surface area contributed by atoms with Crippen molar-refractivity contribution in [1.82, 2.24) is 0 Å². The maximum absolute atomic E-state index is 10.1. The minimum absolute atomic E-state index is 0.0955. The van der Waals surface area contributed by atoms with E-state index in [1.807, 2.05) is 0 Å². The van der Waals surface area contributed by atoms with Crippen molar-refractivity contribution in [2.45, 2.75) is 37.6 Å². The Kier molecular flexibility index (Phi) is 3.38. The molecule has 0 radical (unpaired) electrons. The summed E-state index contributed by atoms with van der Waals surface area (Å²) in [6, 6.07) is 0. The van der Waals surface area contributed by atoms with E-state index in [1.54, 1.807) is 0 Å². The van der Waals surface area contributed by atoms with Crippen molar-refractivity contribution in [1.29, 1.82) is 0 Å². The fourth-order valence-electron chi connectivity index (χ4n) is 1.96. The zero-order valence-electron chi connectivity index (χ0n) is 8.41. The highest BCUT2D eigenvalue weighted by molar-refractivity contribution is 4.81. The van der Waals surface area contributed by atoms with Gasteiger partial charge in [-0.3, -0.25) is 0 Å². The Labute approximate surface area is 84.1 Å². The first-order valence-corrected chi connectivity index (χ1v) is 5.32. The normalized spacial score (nSPS) is 28.1. The Balaban J connectivity index is 1.72. The SMILES string of the molecule is OC1(CCC2OCCO2)CCOCC1. The average molecular weight is 202 g/mol. The summed E-state index contributed by atoms with van der Waals surface area (Å²) in [7, 11) is 0. The Morgan fingerprint density at radius 2 is 1.71 bits per heavy atom. The summed E-state index contributed by atoms with van der Waals surface area (Å²) in [6.07, 6.45) is 2.92. The van der Waals surface area contributed by atoms with Gasteiger partial charge in [0.05, 0.1) is 18.8 Å². The van der Waals surface area contributed by atoms with E-state index in [9.17, 15) is 5.11 Å². The van der Waals surface area contributed by atoms with Crippen molar-refractivity contribution in [3.8, 4) is 0 Å². The van der Waals surface area contributed by atoms with Crippen LogP contribution in [0.2, 0.25) is 0 Å². The number of hydrogen-bond donors (Lipinski definition) is 1. The van der Waals surface area contributed by atoms with Crippen molar-refractivity contribution in [2.75, 3.05) is 26.4 Å². The van der Waals surface area contributed by atoms with Gasteiger partial charge in [-0.1, -0.05) is 0 Å². The lowest BCUT2D eigenvalue weighted by Crippen LogP contribution is -2.36. The molecule has 4 nitrogen and oxygen atoms in total. The second kappa shape index (κ2) is 4.57. The van der Waals surface area contributed by atoms with Crippen molar-refractivity contribution in [2.24, 2.45) is 0 Å². The monoisotopic (exact) mass is 202 g/mol. The smallest absolute Gasteiger partial charge is 0.157 e. The van der Waals surface area contributed by atoms with Crippen LogP contribution >= 0.6 is 0 Å². The van der Waals surface area contributed by atoms with Crippen molar-refractivity contribution < 1.29 is 19.3 Å². The molecular weight excluding hydrogens is 184 g/mol. The van der Waals surface area contributed by atoms with Gasteiger partial charge in [0.15, 0.2) is 6.29 Å². The molecule has 0 amide bonds. The largest absolute Gasteiger partial charge is 0.390 e. The van der Waals surface area contributed by atoms with Gasteiger partial charge >= 0.3 is 0 Å². The van der Waals surface area contributed by atoms with E-state index in [0.717, 1.165) is 25.7 Å². The van der Waals surface area contributed by atoms with Crippen molar-refractivity contribution in [3.05, 3.63) is 0 Å².